The van der Waals surface area contributed by atoms with E-state index < -0.39 is 0 Å². The Labute approximate surface area is 119 Å². The first-order valence-electron chi connectivity index (χ1n) is 5.23. The van der Waals surface area contributed by atoms with E-state index in [2.05, 4.69) is 9.89 Å². The van der Waals surface area contributed by atoms with Crippen molar-refractivity contribution in [3.8, 4) is 0 Å². The number of rotatable bonds is 2. The lowest BCUT2D eigenvalue weighted by Gasteiger charge is -2.27. The van der Waals surface area contributed by atoms with Crippen LogP contribution in [-0.4, -0.2) is 35.5 Å². The second-order valence-corrected chi connectivity index (χ2v) is 7.13. The quantitative estimate of drug-likeness (QED) is 0.674. The summed E-state index contributed by atoms with van der Waals surface area (Å²) in [4.78, 5) is 6.48. The second kappa shape index (κ2) is 6.18. The van der Waals surface area contributed by atoms with Gasteiger partial charge in [0.1, 0.15) is 0 Å². The molecule has 1 aliphatic rings. The Balaban J connectivity index is 1.97. The first kappa shape index (κ1) is 13.3. The van der Waals surface area contributed by atoms with E-state index in [1.165, 1.54) is 11.3 Å². The summed E-state index contributed by atoms with van der Waals surface area (Å²) in [6, 6.07) is 1.84. The van der Waals surface area contributed by atoms with Gasteiger partial charge in [0.05, 0.1) is 15.2 Å². The van der Waals surface area contributed by atoms with Crippen molar-refractivity contribution in [3.05, 3.63) is 20.3 Å². The maximum absolute atomic E-state index is 6.02. The average Bonchev–Trinajstić information content (AvgIpc) is 2.66. The molecule has 0 radical (unpaired) electrons. The molecule has 1 aliphatic heterocycles. The molecule has 2 rings (SSSR count). The SMILES string of the molecule is NC(=NCc1cc(Cl)sc1Cl)N1CCSCC1. The van der Waals surface area contributed by atoms with E-state index in [9.17, 15) is 0 Å². The molecule has 7 heteroatoms. The van der Waals surface area contributed by atoms with Crippen LogP contribution in [0.4, 0.5) is 0 Å². The van der Waals surface area contributed by atoms with Crippen LogP contribution >= 0.6 is 46.3 Å². The number of nitrogens with two attached hydrogens (primary N) is 1. The van der Waals surface area contributed by atoms with Crippen LogP contribution in [0.5, 0.6) is 0 Å². The number of aliphatic imine (C=N–C) groups is 1. The van der Waals surface area contributed by atoms with Crippen LogP contribution in [0.15, 0.2) is 11.1 Å². The predicted octanol–water partition coefficient (Wildman–Crippen LogP) is 2.92. The Morgan fingerprint density at radius 2 is 2.12 bits per heavy atom. The second-order valence-electron chi connectivity index (χ2n) is 3.62. The number of nitrogens with zero attached hydrogens (tertiary/aromatic N) is 2. The van der Waals surface area contributed by atoms with Crippen LogP contribution in [-0.2, 0) is 6.54 Å². The first-order valence-corrected chi connectivity index (χ1v) is 7.96. The summed E-state index contributed by atoms with van der Waals surface area (Å²) in [5.41, 5.74) is 6.89. The van der Waals surface area contributed by atoms with Gasteiger partial charge in [0.25, 0.3) is 0 Å². The van der Waals surface area contributed by atoms with Crippen LogP contribution in [0.1, 0.15) is 5.56 Å². The molecule has 0 aromatic carbocycles. The van der Waals surface area contributed by atoms with Crippen LogP contribution in [0, 0.1) is 0 Å². The molecule has 0 aliphatic carbocycles. The Bertz CT molecular complexity index is 414. The van der Waals surface area contributed by atoms with Crippen molar-refractivity contribution < 1.29 is 0 Å². The van der Waals surface area contributed by atoms with Gasteiger partial charge in [-0.05, 0) is 6.07 Å². The van der Waals surface area contributed by atoms with Crippen LogP contribution in [0.2, 0.25) is 8.67 Å². The van der Waals surface area contributed by atoms with Crippen molar-refractivity contribution in [2.24, 2.45) is 10.7 Å². The summed E-state index contributed by atoms with van der Waals surface area (Å²) in [5, 5.41) is 0. The minimum absolute atomic E-state index is 0.498. The zero-order valence-corrected chi connectivity index (χ0v) is 12.3. The number of halogens is 2. The van der Waals surface area contributed by atoms with Gasteiger partial charge in [0.2, 0.25) is 0 Å². The van der Waals surface area contributed by atoms with Crippen molar-refractivity contribution in [1.29, 1.82) is 0 Å². The monoisotopic (exact) mass is 309 g/mol. The Hall–Kier alpha value is -0.100. The minimum Gasteiger partial charge on any atom is -0.370 e. The smallest absolute Gasteiger partial charge is 0.191 e. The molecule has 1 saturated heterocycles. The highest BCUT2D eigenvalue weighted by atomic mass is 35.5. The van der Waals surface area contributed by atoms with Crippen molar-refractivity contribution in [3.63, 3.8) is 0 Å². The lowest BCUT2D eigenvalue weighted by molar-refractivity contribution is 0.455. The van der Waals surface area contributed by atoms with Crippen molar-refractivity contribution in [2.45, 2.75) is 6.54 Å². The molecular formula is C10H13Cl2N3S2. The molecule has 0 unspecified atom stereocenters. The first-order chi connectivity index (χ1) is 8.16. The highest BCUT2D eigenvalue weighted by Gasteiger charge is 2.12. The largest absolute Gasteiger partial charge is 0.370 e. The number of hydrogen-bond donors (Lipinski definition) is 1. The molecule has 0 amide bonds. The molecular weight excluding hydrogens is 297 g/mol. The normalized spacial score (nSPS) is 17.5. The maximum atomic E-state index is 6.02. The zero-order chi connectivity index (χ0) is 12.3. The third-order valence-electron chi connectivity index (χ3n) is 2.47. The number of thioether (sulfide) groups is 1. The molecule has 1 aromatic rings. The molecule has 1 aromatic heterocycles. The zero-order valence-electron chi connectivity index (χ0n) is 9.16. The highest BCUT2D eigenvalue weighted by molar-refractivity contribution is 7.99. The molecule has 2 N–H and O–H groups in total. The van der Waals surface area contributed by atoms with E-state index in [1.54, 1.807) is 0 Å². The summed E-state index contributed by atoms with van der Waals surface area (Å²) in [6.45, 7) is 2.44. The average molecular weight is 310 g/mol. The van der Waals surface area contributed by atoms with Gasteiger partial charge in [-0.25, -0.2) is 4.99 Å². The number of thiophene rings is 1. The predicted molar refractivity (Wildman–Crippen MR) is 78.6 cm³/mol. The third kappa shape index (κ3) is 3.68. The Morgan fingerprint density at radius 3 is 2.71 bits per heavy atom. The Morgan fingerprint density at radius 1 is 1.41 bits per heavy atom. The summed E-state index contributed by atoms with van der Waals surface area (Å²) in [5.74, 6) is 2.83. The lowest BCUT2D eigenvalue weighted by Crippen LogP contribution is -2.42. The maximum Gasteiger partial charge on any atom is 0.191 e. The fraction of sp³-hybridized carbons (Fsp3) is 0.500. The summed E-state index contributed by atoms with van der Waals surface area (Å²) >= 11 is 15.2. The van der Waals surface area contributed by atoms with Crippen LogP contribution < -0.4 is 5.73 Å². The van der Waals surface area contributed by atoms with E-state index in [0.29, 0.717) is 21.2 Å². The fourth-order valence-corrected chi connectivity index (χ4v) is 3.92. The van der Waals surface area contributed by atoms with E-state index in [0.717, 1.165) is 30.2 Å². The van der Waals surface area contributed by atoms with E-state index >= 15 is 0 Å². The topological polar surface area (TPSA) is 41.6 Å². The van der Waals surface area contributed by atoms with E-state index in [-0.39, 0.29) is 0 Å². The molecule has 1 fully saturated rings. The molecule has 3 nitrogen and oxygen atoms in total. The molecule has 17 heavy (non-hydrogen) atoms. The van der Waals surface area contributed by atoms with Gasteiger partial charge in [-0.2, -0.15) is 11.8 Å². The lowest BCUT2D eigenvalue weighted by atomic mass is 10.3. The Kier molecular flexibility index (Phi) is 4.85. The summed E-state index contributed by atoms with van der Waals surface area (Å²) in [6.07, 6.45) is 0. The third-order valence-corrected chi connectivity index (χ3v) is 4.99. The van der Waals surface area contributed by atoms with E-state index in [1.807, 2.05) is 17.8 Å². The van der Waals surface area contributed by atoms with Gasteiger partial charge < -0.3 is 10.6 Å². The molecule has 0 saturated carbocycles. The molecule has 2 heterocycles. The van der Waals surface area contributed by atoms with Gasteiger partial charge in [-0.15, -0.1) is 11.3 Å². The summed E-state index contributed by atoms with van der Waals surface area (Å²) < 4.78 is 1.38. The van der Waals surface area contributed by atoms with Crippen molar-refractivity contribution >= 4 is 52.3 Å². The summed E-state index contributed by atoms with van der Waals surface area (Å²) in [7, 11) is 0. The van der Waals surface area contributed by atoms with Crippen molar-refractivity contribution in [2.75, 3.05) is 24.6 Å². The standard InChI is InChI=1S/C10H13Cl2N3S2/c11-8-5-7(9(12)17-8)6-14-10(13)15-1-3-16-4-2-15/h5H,1-4,6H2,(H2,13,14). The number of guanidine groups is 1. The van der Waals surface area contributed by atoms with Gasteiger partial charge in [0, 0.05) is 30.2 Å². The molecule has 0 spiro atoms. The van der Waals surface area contributed by atoms with Gasteiger partial charge in [0.15, 0.2) is 5.96 Å². The molecule has 0 bridgehead atoms. The number of hydrogen-bond acceptors (Lipinski definition) is 3. The fourth-order valence-electron chi connectivity index (χ4n) is 1.54. The molecule has 94 valence electrons. The minimum atomic E-state index is 0.498. The van der Waals surface area contributed by atoms with Crippen molar-refractivity contribution in [1.82, 2.24) is 4.90 Å². The van der Waals surface area contributed by atoms with Gasteiger partial charge >= 0.3 is 0 Å². The van der Waals surface area contributed by atoms with Gasteiger partial charge in [-0.1, -0.05) is 23.2 Å². The van der Waals surface area contributed by atoms with E-state index in [4.69, 9.17) is 28.9 Å². The highest BCUT2D eigenvalue weighted by Crippen LogP contribution is 2.31. The molecule has 0 atom stereocenters. The van der Waals surface area contributed by atoms with Crippen LogP contribution in [0.25, 0.3) is 0 Å². The van der Waals surface area contributed by atoms with Crippen LogP contribution in [0.3, 0.4) is 0 Å². The van der Waals surface area contributed by atoms with Gasteiger partial charge in [-0.3, -0.25) is 0 Å².